The smallest absolute Gasteiger partial charge is 0.326 e. The molecular formula is C57H110N34O14. The zero-order chi connectivity index (χ0) is 79.7. The molecule has 48 nitrogen and oxygen atoms in total. The lowest BCUT2D eigenvalue weighted by molar-refractivity contribution is -0.142. The summed E-state index contributed by atoms with van der Waals surface area (Å²) in [5.74, 6) is -15.8. The van der Waals surface area contributed by atoms with Crippen LogP contribution in [0.2, 0.25) is 0 Å². The van der Waals surface area contributed by atoms with Crippen molar-refractivity contribution in [2.45, 2.75) is 189 Å². The number of carboxylic acids is 1. The van der Waals surface area contributed by atoms with Crippen LogP contribution in [0.15, 0.2) is 34.9 Å². The van der Waals surface area contributed by atoms with Gasteiger partial charge in [-0.1, -0.05) is 0 Å². The SMILES string of the molecule is NC(=O)CC[C@H](NC(=O)[C@H](CCCN=C(N)N)NC(=O)[C@H](CCCN=C(N)N)NC(=O)[C@H](CCC(N)=O)NC(=O)[C@H](CCCN=C(N)N)NC(=O)[C@H](CCCN=C(N)N)NC(=O)[C@H](CCC(N)=O)NC(=O)[C@@H](N)CCCN=C(N)N)C(=O)N[C@@H](CCCN=C(N)N)C(=O)N[C@@H](CCCN=C(N)N)C(=O)O. The Labute approximate surface area is 604 Å². The second-order valence-electron chi connectivity index (χ2n) is 23.7. The summed E-state index contributed by atoms with van der Waals surface area (Å²) >= 11 is 0. The van der Waals surface area contributed by atoms with Gasteiger partial charge in [0.05, 0.1) is 6.04 Å². The normalized spacial score (nSPS) is 13.5. The Morgan fingerprint density at radius 2 is 0.381 bits per heavy atom. The zero-order valence-electron chi connectivity index (χ0n) is 58.6. The number of carbonyl (C=O) groups is 13. The van der Waals surface area contributed by atoms with Gasteiger partial charge in [0.2, 0.25) is 70.9 Å². The molecule has 0 aliphatic rings. The number of rotatable bonds is 56. The Balaban J connectivity index is 7.73. The van der Waals surface area contributed by atoms with Crippen LogP contribution in [0.3, 0.4) is 0 Å². The van der Waals surface area contributed by atoms with E-state index in [0.29, 0.717) is 0 Å². The van der Waals surface area contributed by atoms with Gasteiger partial charge < -0.3 is 156 Å². The topological polar surface area (TPSA) is 905 Å². The first-order valence-corrected chi connectivity index (χ1v) is 33.3. The van der Waals surface area contributed by atoms with E-state index in [2.05, 4.69) is 82.8 Å². The number of aliphatic imine (C=N–C) groups is 7. The van der Waals surface area contributed by atoms with Gasteiger partial charge in [-0.2, -0.15) is 0 Å². The van der Waals surface area contributed by atoms with Crippen LogP contribution in [0, 0.1) is 0 Å². The third kappa shape index (κ3) is 45.5. The molecule has 0 spiro atoms. The molecule has 0 aromatic rings. The summed E-state index contributed by atoms with van der Waals surface area (Å²) in [6, 6.07) is -15.9. The summed E-state index contributed by atoms with van der Waals surface area (Å²) in [7, 11) is 0. The van der Waals surface area contributed by atoms with E-state index in [1.54, 1.807) is 0 Å². The van der Waals surface area contributed by atoms with E-state index >= 15 is 0 Å². The Morgan fingerprint density at radius 1 is 0.229 bits per heavy atom. The molecule has 0 aromatic heterocycles. The number of nitrogens with zero attached hydrogens (tertiary/aromatic N) is 7. The average molecular weight is 1500 g/mol. The van der Waals surface area contributed by atoms with Gasteiger partial charge in [0.25, 0.3) is 0 Å². The van der Waals surface area contributed by atoms with Gasteiger partial charge in [0.15, 0.2) is 41.7 Å². The molecule has 0 aliphatic heterocycles. The van der Waals surface area contributed by atoms with E-state index in [9.17, 15) is 67.4 Å². The van der Waals surface area contributed by atoms with E-state index in [1.165, 1.54) is 0 Å². The number of nitrogens with one attached hydrogen (secondary N) is 9. The molecule has 0 aliphatic carbocycles. The Morgan fingerprint density at radius 3 is 0.552 bits per heavy atom. The van der Waals surface area contributed by atoms with Crippen LogP contribution in [0.4, 0.5) is 0 Å². The predicted molar refractivity (Wildman–Crippen MR) is 388 cm³/mol. The van der Waals surface area contributed by atoms with Crippen LogP contribution in [-0.4, -0.2) is 230 Å². The van der Waals surface area contributed by atoms with Gasteiger partial charge in [-0.05, 0) is 109 Å². The number of carboxylic acid groups (broad SMARTS) is 1. The van der Waals surface area contributed by atoms with E-state index in [-0.39, 0.29) is 184 Å². The van der Waals surface area contributed by atoms with E-state index in [4.69, 9.17) is 103 Å². The molecule has 0 saturated heterocycles. The molecular weight excluding hydrogens is 1380 g/mol. The van der Waals surface area contributed by atoms with Gasteiger partial charge in [0, 0.05) is 65.1 Å². The van der Waals surface area contributed by atoms with Gasteiger partial charge >= 0.3 is 5.97 Å². The van der Waals surface area contributed by atoms with E-state index in [0.717, 1.165) is 0 Å². The molecule has 0 aromatic carbocycles. The zero-order valence-corrected chi connectivity index (χ0v) is 58.6. The number of aliphatic carboxylic acids is 1. The van der Waals surface area contributed by atoms with Crippen molar-refractivity contribution >= 4 is 119 Å². The summed E-state index contributed by atoms with van der Waals surface area (Å²) in [6.45, 7) is -0.449. The highest BCUT2D eigenvalue weighted by Gasteiger charge is 2.36. The second-order valence-corrected chi connectivity index (χ2v) is 23.7. The molecule has 105 heavy (non-hydrogen) atoms. The molecule has 0 heterocycles. The lowest BCUT2D eigenvalue weighted by Gasteiger charge is -2.28. The van der Waals surface area contributed by atoms with E-state index < -0.39 is 169 Å². The summed E-state index contributed by atoms with van der Waals surface area (Å²) in [5, 5.41) is 32.3. The van der Waals surface area contributed by atoms with Crippen LogP contribution >= 0.6 is 0 Å². The van der Waals surface area contributed by atoms with Gasteiger partial charge in [-0.15, -0.1) is 0 Å². The quantitative estimate of drug-likeness (QED) is 0.0153. The molecule has 48 heteroatoms. The highest BCUT2D eigenvalue weighted by Crippen LogP contribution is 2.13. The summed E-state index contributed by atoms with van der Waals surface area (Å²) in [4.78, 5) is 205. The summed E-state index contributed by atoms with van der Waals surface area (Å²) < 4.78 is 0. The Kier molecular flexibility index (Phi) is 46.0. The summed E-state index contributed by atoms with van der Waals surface area (Å²) in [5.41, 5.74) is 99.3. The molecule has 0 bridgehead atoms. The number of nitrogens with two attached hydrogens (primary N) is 18. The van der Waals surface area contributed by atoms with Crippen LogP contribution in [-0.2, 0) is 62.3 Å². The molecule has 12 amide bonds. The minimum Gasteiger partial charge on any atom is -0.480 e. The fourth-order valence-electron chi connectivity index (χ4n) is 9.40. The fraction of sp³-hybridized carbons (Fsp3) is 0.649. The first kappa shape index (κ1) is 93.0. The largest absolute Gasteiger partial charge is 0.480 e. The molecule has 592 valence electrons. The minimum absolute atomic E-state index is 0.00211. The van der Waals surface area contributed by atoms with Gasteiger partial charge in [0.1, 0.15) is 54.4 Å². The van der Waals surface area contributed by atoms with Crippen molar-refractivity contribution in [1.82, 2.24) is 47.9 Å². The van der Waals surface area contributed by atoms with E-state index in [1.807, 2.05) is 0 Å². The monoisotopic (exact) mass is 1490 g/mol. The van der Waals surface area contributed by atoms with Crippen molar-refractivity contribution in [3.63, 3.8) is 0 Å². The second kappa shape index (κ2) is 52.0. The fourth-order valence-corrected chi connectivity index (χ4v) is 9.40. The standard InChI is InChI=1S/C57H110N34O14/c58-28(8-1-21-76-51(62)63)41(95)83-34(15-18-38(59)92)47(101)86-29(9-2-22-77-52(64)65)42(96)84-31(11-4-24-79-54(68)69)44(98)89-35(16-19-39(60)93)48(102)87-30(10-3-23-78-53(66)67)43(97)85-32(12-5-25-80-55(70)71)45(99)90-36(17-20-40(61)94)49(103)88-33(13-6-26-81-56(72)73)46(100)91-37(50(104)105)14-7-27-82-57(74)75/h28-37H,1-27,58H2,(H2,59,92)(H2,60,93)(H2,61,94)(H,83,95)(H,84,96)(H,85,97)(H,86,101)(H,87,102)(H,88,103)(H,89,98)(H,90,99)(H,91,100)(H,104,105)(H4,62,63,76)(H4,64,65,77)(H4,66,67,78)(H4,68,69,79)(H4,70,71,80)(H4,72,73,81)(H4,74,75,82)/t28-,29-,30-,31-,32-,33-,34-,35-,36-,37-/m0/s1. The third-order valence-electron chi connectivity index (χ3n) is 14.7. The van der Waals surface area contributed by atoms with Crippen LogP contribution in [0.5, 0.6) is 0 Å². The molecule has 0 rings (SSSR count). The highest BCUT2D eigenvalue weighted by molar-refractivity contribution is 5.99. The number of hydrogen-bond acceptors (Lipinski definition) is 21. The molecule has 0 unspecified atom stereocenters. The first-order valence-electron chi connectivity index (χ1n) is 33.3. The van der Waals surface area contributed by atoms with Crippen molar-refractivity contribution in [1.29, 1.82) is 0 Å². The van der Waals surface area contributed by atoms with Crippen LogP contribution in [0.1, 0.15) is 128 Å². The maximum Gasteiger partial charge on any atom is 0.326 e. The predicted octanol–water partition coefficient (Wildman–Crippen LogP) is -14.1. The maximum atomic E-state index is 14.7. The van der Waals surface area contributed by atoms with Crippen molar-refractivity contribution in [3.05, 3.63) is 0 Å². The van der Waals surface area contributed by atoms with Crippen LogP contribution < -0.4 is 151 Å². The first-order chi connectivity index (χ1) is 49.3. The molecule has 0 radical (unpaired) electrons. The molecule has 46 N–H and O–H groups in total. The maximum absolute atomic E-state index is 14.7. The lowest BCUT2D eigenvalue weighted by atomic mass is 10.0. The number of guanidine groups is 7. The van der Waals surface area contributed by atoms with Crippen molar-refractivity contribution in [2.24, 2.45) is 138 Å². The Bertz CT molecular complexity index is 3080. The average Bonchev–Trinajstić information content (AvgIpc) is 0.862. The molecule has 10 atom stereocenters. The summed E-state index contributed by atoms with van der Waals surface area (Å²) in [6.07, 6.45) is -4.37. The molecule has 0 fully saturated rings. The number of amides is 12. The number of primary amides is 3. The van der Waals surface area contributed by atoms with Crippen molar-refractivity contribution in [3.8, 4) is 0 Å². The highest BCUT2D eigenvalue weighted by atomic mass is 16.4. The number of hydrogen-bond donors (Lipinski definition) is 28. The van der Waals surface area contributed by atoms with Gasteiger partial charge in [-0.25, -0.2) is 4.79 Å². The van der Waals surface area contributed by atoms with Crippen LogP contribution in [0.25, 0.3) is 0 Å². The van der Waals surface area contributed by atoms with Crippen molar-refractivity contribution in [2.75, 3.05) is 45.8 Å². The lowest BCUT2D eigenvalue weighted by Crippen LogP contribution is -2.60. The third-order valence-corrected chi connectivity index (χ3v) is 14.7. The molecule has 0 saturated carbocycles. The van der Waals surface area contributed by atoms with Crippen molar-refractivity contribution < 1.29 is 67.4 Å². The van der Waals surface area contributed by atoms with Gasteiger partial charge in [-0.3, -0.25) is 92.5 Å². The minimum atomic E-state index is -1.79. The Hall–Kier alpha value is -12.0. The number of carbonyl (C=O) groups excluding carboxylic acids is 12.